The van der Waals surface area contributed by atoms with E-state index in [0.717, 1.165) is 22.3 Å². The highest BCUT2D eigenvalue weighted by Gasteiger charge is 2.11. The highest BCUT2D eigenvalue weighted by molar-refractivity contribution is 7.08. The van der Waals surface area contributed by atoms with Crippen molar-refractivity contribution >= 4 is 11.3 Å². The predicted octanol–water partition coefficient (Wildman–Crippen LogP) is 2.91. The molecule has 57 valence electrons. The minimum atomic E-state index is 0.729. The molecule has 0 fully saturated rings. The number of hydrogen-bond donors (Lipinski definition) is 0. The van der Waals surface area contributed by atoms with Crippen molar-refractivity contribution < 1.29 is 0 Å². The maximum Gasteiger partial charge on any atom is 0.0998 e. The summed E-state index contributed by atoms with van der Waals surface area (Å²) >= 11 is 1.60. The minimum absolute atomic E-state index is 0.729. The lowest BCUT2D eigenvalue weighted by Gasteiger charge is -1.97. The fourth-order valence-electron chi connectivity index (χ4n) is 1.28. The van der Waals surface area contributed by atoms with E-state index in [1.807, 2.05) is 22.9 Å². The van der Waals surface area contributed by atoms with Gasteiger partial charge in [-0.05, 0) is 40.9 Å². The molecule has 2 heteroatoms. The van der Waals surface area contributed by atoms with E-state index in [2.05, 4.69) is 13.0 Å². The number of nitrogens with zero attached hydrogens (tertiary/aromatic N) is 1. The topological polar surface area (TPSA) is 23.8 Å². The summed E-state index contributed by atoms with van der Waals surface area (Å²) in [6.45, 7) is 3.87. The first-order valence-corrected chi connectivity index (χ1v) is 4.48. The van der Waals surface area contributed by atoms with Crippen LogP contribution in [0.15, 0.2) is 22.9 Å². The standard InChI is InChI=1S/C10H6NS/c1-7-4-8(5-11)10-6-12-3-2-9(7)10/h2-4,6H,1H2. The van der Waals surface area contributed by atoms with Gasteiger partial charge in [0.2, 0.25) is 0 Å². The van der Waals surface area contributed by atoms with Crippen LogP contribution < -0.4 is 0 Å². The van der Waals surface area contributed by atoms with Gasteiger partial charge in [-0.3, -0.25) is 0 Å². The highest BCUT2D eigenvalue weighted by Crippen LogP contribution is 2.32. The van der Waals surface area contributed by atoms with E-state index in [-0.39, 0.29) is 0 Å². The van der Waals surface area contributed by atoms with Crippen LogP contribution in [0.5, 0.6) is 0 Å². The first kappa shape index (κ1) is 7.33. The van der Waals surface area contributed by atoms with Crippen molar-refractivity contribution in [3.63, 3.8) is 0 Å². The van der Waals surface area contributed by atoms with E-state index in [4.69, 9.17) is 5.26 Å². The molecule has 12 heavy (non-hydrogen) atoms. The van der Waals surface area contributed by atoms with Crippen LogP contribution in [0.1, 0.15) is 11.1 Å². The van der Waals surface area contributed by atoms with E-state index in [9.17, 15) is 0 Å². The first-order chi connectivity index (χ1) is 5.83. The van der Waals surface area contributed by atoms with Crippen LogP contribution in [0, 0.1) is 18.3 Å². The third kappa shape index (κ3) is 0.910. The fourth-order valence-corrected chi connectivity index (χ4v) is 1.96. The summed E-state index contributed by atoms with van der Waals surface area (Å²) in [4.78, 5) is 0. The lowest BCUT2D eigenvalue weighted by atomic mass is 10.1. The van der Waals surface area contributed by atoms with Gasteiger partial charge in [0.15, 0.2) is 0 Å². The maximum atomic E-state index is 8.78. The van der Waals surface area contributed by atoms with E-state index >= 15 is 0 Å². The second kappa shape index (κ2) is 2.62. The molecular weight excluding hydrogens is 166 g/mol. The molecule has 0 bridgehead atoms. The minimum Gasteiger partial charge on any atom is -0.192 e. The molecule has 1 aliphatic carbocycles. The Morgan fingerprint density at radius 1 is 1.42 bits per heavy atom. The van der Waals surface area contributed by atoms with Crippen LogP contribution in [-0.2, 0) is 0 Å². The Balaban J connectivity index is 2.81. The van der Waals surface area contributed by atoms with E-state index in [1.54, 1.807) is 11.3 Å². The summed E-state index contributed by atoms with van der Waals surface area (Å²) in [5.74, 6) is 0. The molecular formula is C10H6NS. The van der Waals surface area contributed by atoms with Gasteiger partial charge in [-0.1, -0.05) is 0 Å². The predicted molar refractivity (Wildman–Crippen MR) is 50.1 cm³/mol. The molecule has 2 rings (SSSR count). The molecule has 0 amide bonds. The lowest BCUT2D eigenvalue weighted by Crippen LogP contribution is -1.74. The van der Waals surface area contributed by atoms with Gasteiger partial charge in [0, 0.05) is 5.56 Å². The molecule has 0 aromatic carbocycles. The third-order valence-corrected chi connectivity index (χ3v) is 2.53. The second-order valence-electron chi connectivity index (χ2n) is 2.58. The Bertz CT molecular complexity index is 422. The average molecular weight is 172 g/mol. The van der Waals surface area contributed by atoms with Crippen molar-refractivity contribution in [2.24, 2.45) is 0 Å². The highest BCUT2D eigenvalue weighted by atomic mass is 32.1. The van der Waals surface area contributed by atoms with Crippen molar-refractivity contribution in [3.8, 4) is 17.2 Å². The Hall–Kier alpha value is -1.33. The molecule has 0 spiro atoms. The zero-order valence-corrected chi connectivity index (χ0v) is 7.19. The Kier molecular flexibility index (Phi) is 1.60. The van der Waals surface area contributed by atoms with Crippen LogP contribution in [0.3, 0.4) is 0 Å². The summed E-state index contributed by atoms with van der Waals surface area (Å²) in [7, 11) is 0. The van der Waals surface area contributed by atoms with Crippen molar-refractivity contribution in [2.75, 3.05) is 0 Å². The zero-order valence-electron chi connectivity index (χ0n) is 6.37. The number of hydrogen-bond acceptors (Lipinski definition) is 2. The summed E-state index contributed by atoms with van der Waals surface area (Å²) in [6, 6.07) is 5.99. The number of fused-ring (bicyclic) bond motifs is 1. The number of rotatable bonds is 0. The molecule has 0 N–H and O–H groups in total. The van der Waals surface area contributed by atoms with Gasteiger partial charge < -0.3 is 0 Å². The number of nitriles is 1. The molecule has 1 aliphatic heterocycles. The maximum absolute atomic E-state index is 8.78. The van der Waals surface area contributed by atoms with Crippen molar-refractivity contribution in [2.45, 2.75) is 0 Å². The molecule has 0 aromatic rings. The normalized spacial score (nSPS) is 10.0. The summed E-state index contributed by atoms with van der Waals surface area (Å²) < 4.78 is 0. The SMILES string of the molecule is [CH2]c1cc(C#N)c2csccc1-2. The van der Waals surface area contributed by atoms with Crippen molar-refractivity contribution in [1.29, 1.82) is 5.26 Å². The molecule has 1 nitrogen and oxygen atoms in total. The summed E-state index contributed by atoms with van der Waals surface area (Å²) in [5.41, 5.74) is 3.78. The van der Waals surface area contributed by atoms with Crippen LogP contribution in [0.4, 0.5) is 0 Å². The molecule has 1 radical (unpaired) electrons. The van der Waals surface area contributed by atoms with Gasteiger partial charge in [-0.15, -0.1) is 0 Å². The smallest absolute Gasteiger partial charge is 0.0998 e. The lowest BCUT2D eigenvalue weighted by molar-refractivity contribution is 1.51. The van der Waals surface area contributed by atoms with Crippen molar-refractivity contribution in [3.05, 3.63) is 40.9 Å². The van der Waals surface area contributed by atoms with Gasteiger partial charge in [0.05, 0.1) is 11.6 Å². The largest absolute Gasteiger partial charge is 0.192 e. The van der Waals surface area contributed by atoms with Crippen LogP contribution in [-0.4, -0.2) is 0 Å². The fraction of sp³-hybridized carbons (Fsp3) is 0. The van der Waals surface area contributed by atoms with Gasteiger partial charge in [-0.25, -0.2) is 0 Å². The molecule has 0 saturated heterocycles. The van der Waals surface area contributed by atoms with Crippen molar-refractivity contribution in [1.82, 2.24) is 0 Å². The van der Waals surface area contributed by atoms with E-state index < -0.39 is 0 Å². The Morgan fingerprint density at radius 2 is 2.25 bits per heavy atom. The van der Waals surface area contributed by atoms with Crippen LogP contribution in [0.2, 0.25) is 0 Å². The monoisotopic (exact) mass is 172 g/mol. The summed E-state index contributed by atoms with van der Waals surface area (Å²) in [5, 5.41) is 12.8. The van der Waals surface area contributed by atoms with Gasteiger partial charge in [0.25, 0.3) is 0 Å². The Labute approximate surface area is 75.2 Å². The molecule has 1 heterocycles. The third-order valence-electron chi connectivity index (χ3n) is 1.86. The van der Waals surface area contributed by atoms with E-state index in [1.165, 1.54) is 0 Å². The van der Waals surface area contributed by atoms with E-state index in [0.29, 0.717) is 0 Å². The Morgan fingerprint density at radius 3 is 3.00 bits per heavy atom. The molecule has 0 atom stereocenters. The first-order valence-electron chi connectivity index (χ1n) is 3.54. The van der Waals surface area contributed by atoms with Gasteiger partial charge in [-0.2, -0.15) is 16.6 Å². The molecule has 0 unspecified atom stereocenters. The van der Waals surface area contributed by atoms with Crippen LogP contribution >= 0.6 is 11.3 Å². The molecule has 0 aromatic heterocycles. The zero-order chi connectivity index (χ0) is 8.55. The van der Waals surface area contributed by atoms with Crippen LogP contribution in [0.25, 0.3) is 11.1 Å². The quantitative estimate of drug-likeness (QED) is 0.599. The summed E-state index contributed by atoms with van der Waals surface area (Å²) in [6.07, 6.45) is 0. The average Bonchev–Trinajstić information content (AvgIpc) is 2.44. The second-order valence-corrected chi connectivity index (χ2v) is 3.36. The molecule has 2 aliphatic rings. The van der Waals surface area contributed by atoms with Gasteiger partial charge in [0.1, 0.15) is 0 Å². The van der Waals surface area contributed by atoms with Gasteiger partial charge >= 0.3 is 0 Å². The molecule has 0 saturated carbocycles.